The van der Waals surface area contributed by atoms with Gasteiger partial charge in [0.15, 0.2) is 0 Å². The van der Waals surface area contributed by atoms with Crippen molar-refractivity contribution in [3.05, 3.63) is 18.5 Å². The van der Waals surface area contributed by atoms with Crippen LogP contribution in [0.1, 0.15) is 51.4 Å². The summed E-state index contributed by atoms with van der Waals surface area (Å²) in [6.45, 7) is 2.70. The molecule has 1 aromatic heterocycles. The van der Waals surface area contributed by atoms with Gasteiger partial charge in [0.05, 0.1) is 5.92 Å². The van der Waals surface area contributed by atoms with Crippen LogP contribution < -0.4 is 4.90 Å². The number of likely N-dealkylation sites (tertiary alicyclic amines) is 1. The number of nitrogens with zero attached hydrogens (tertiary/aromatic N) is 4. The summed E-state index contributed by atoms with van der Waals surface area (Å²) >= 11 is 0. The molecule has 3 atom stereocenters. The first-order chi connectivity index (χ1) is 11.8. The Balaban J connectivity index is 1.45. The lowest BCUT2D eigenvalue weighted by molar-refractivity contribution is -0.142. The molecule has 5 heteroatoms. The molecule has 24 heavy (non-hydrogen) atoms. The molecule has 130 valence electrons. The van der Waals surface area contributed by atoms with Crippen LogP contribution in [0.5, 0.6) is 0 Å². The van der Waals surface area contributed by atoms with Crippen molar-refractivity contribution in [2.75, 3.05) is 24.5 Å². The molecule has 0 N–H and O–H groups in total. The second kappa shape index (κ2) is 7.08. The highest BCUT2D eigenvalue weighted by molar-refractivity contribution is 5.80. The number of hydrogen-bond acceptors (Lipinski definition) is 4. The predicted molar refractivity (Wildman–Crippen MR) is 93.7 cm³/mol. The summed E-state index contributed by atoms with van der Waals surface area (Å²) in [6, 6.07) is 2.36. The molecule has 0 aromatic carbocycles. The molecule has 3 aliphatic rings. The highest BCUT2D eigenvalue weighted by Gasteiger charge is 2.39. The third-order valence-corrected chi connectivity index (χ3v) is 6.13. The standard InChI is InChI=1S/C19H28N4O/c24-18(23-13-4-7-15-6-1-2-9-17(15)23)16-8-3-12-22(14-16)19-20-10-5-11-21-19/h5,10-11,15-17H,1-4,6-9,12-14H2. The summed E-state index contributed by atoms with van der Waals surface area (Å²) < 4.78 is 0. The molecule has 0 spiro atoms. The normalized spacial score (nSPS) is 30.8. The molecule has 1 saturated carbocycles. The van der Waals surface area contributed by atoms with Crippen LogP contribution in [0.3, 0.4) is 0 Å². The minimum Gasteiger partial charge on any atom is -0.340 e. The Morgan fingerprint density at radius 3 is 2.58 bits per heavy atom. The lowest BCUT2D eigenvalue weighted by Crippen LogP contribution is -2.53. The van der Waals surface area contributed by atoms with Crippen LogP contribution in [-0.2, 0) is 4.79 Å². The topological polar surface area (TPSA) is 49.3 Å². The van der Waals surface area contributed by atoms with Gasteiger partial charge in [0, 0.05) is 38.1 Å². The number of anilines is 1. The van der Waals surface area contributed by atoms with E-state index in [0.717, 1.165) is 44.3 Å². The fourth-order valence-corrected chi connectivity index (χ4v) is 4.95. The first kappa shape index (κ1) is 15.9. The lowest BCUT2D eigenvalue weighted by Gasteiger charge is -2.46. The van der Waals surface area contributed by atoms with Gasteiger partial charge in [-0.25, -0.2) is 9.97 Å². The number of carbonyl (C=O) groups is 1. The van der Waals surface area contributed by atoms with Crippen LogP contribution in [0.4, 0.5) is 5.95 Å². The average molecular weight is 328 g/mol. The van der Waals surface area contributed by atoms with Crippen molar-refractivity contribution in [3.8, 4) is 0 Å². The van der Waals surface area contributed by atoms with E-state index >= 15 is 0 Å². The monoisotopic (exact) mass is 328 g/mol. The highest BCUT2D eigenvalue weighted by atomic mass is 16.2. The molecule has 0 bridgehead atoms. The Hall–Kier alpha value is -1.65. The van der Waals surface area contributed by atoms with Gasteiger partial charge in [-0.2, -0.15) is 0 Å². The van der Waals surface area contributed by atoms with E-state index in [9.17, 15) is 4.79 Å². The second-order valence-corrected chi connectivity index (χ2v) is 7.62. The summed E-state index contributed by atoms with van der Waals surface area (Å²) in [6.07, 6.45) is 13.3. The Morgan fingerprint density at radius 2 is 1.71 bits per heavy atom. The van der Waals surface area contributed by atoms with E-state index in [2.05, 4.69) is 19.8 Å². The summed E-state index contributed by atoms with van der Waals surface area (Å²) in [4.78, 5) is 26.4. The van der Waals surface area contributed by atoms with Gasteiger partial charge >= 0.3 is 0 Å². The molecule has 3 unspecified atom stereocenters. The Kier molecular flexibility index (Phi) is 4.67. The molecular formula is C19H28N4O. The zero-order valence-electron chi connectivity index (χ0n) is 14.4. The number of hydrogen-bond donors (Lipinski definition) is 0. The minimum atomic E-state index is 0.114. The first-order valence-corrected chi connectivity index (χ1v) is 9.65. The Labute approximate surface area is 144 Å². The third kappa shape index (κ3) is 3.13. The van der Waals surface area contributed by atoms with Gasteiger partial charge in [-0.15, -0.1) is 0 Å². The molecular weight excluding hydrogens is 300 g/mol. The Bertz CT molecular complexity index is 562. The maximum atomic E-state index is 13.2. The quantitative estimate of drug-likeness (QED) is 0.837. The molecule has 1 amide bonds. The number of rotatable bonds is 2. The fourth-order valence-electron chi connectivity index (χ4n) is 4.95. The largest absolute Gasteiger partial charge is 0.340 e. The van der Waals surface area contributed by atoms with Gasteiger partial charge in [-0.1, -0.05) is 12.8 Å². The molecule has 1 aromatic rings. The van der Waals surface area contributed by atoms with E-state index in [1.807, 2.05) is 6.07 Å². The smallest absolute Gasteiger partial charge is 0.227 e. The molecule has 2 saturated heterocycles. The zero-order chi connectivity index (χ0) is 16.4. The Morgan fingerprint density at radius 1 is 0.958 bits per heavy atom. The SMILES string of the molecule is O=C(C1CCCN(c2ncccn2)C1)N1CCCC2CCCCC21. The number of aromatic nitrogens is 2. The molecule has 1 aliphatic carbocycles. The molecule has 4 rings (SSSR count). The zero-order valence-corrected chi connectivity index (χ0v) is 14.4. The van der Waals surface area contributed by atoms with Crippen molar-refractivity contribution in [1.29, 1.82) is 0 Å². The van der Waals surface area contributed by atoms with Crippen LogP contribution >= 0.6 is 0 Å². The molecule has 2 aliphatic heterocycles. The predicted octanol–water partition coefficient (Wildman–Crippen LogP) is 2.87. The average Bonchev–Trinajstić information content (AvgIpc) is 2.68. The van der Waals surface area contributed by atoms with Gasteiger partial charge < -0.3 is 9.80 Å². The number of piperidine rings is 2. The van der Waals surface area contributed by atoms with Crippen LogP contribution in [0.2, 0.25) is 0 Å². The van der Waals surface area contributed by atoms with Gasteiger partial charge in [0.2, 0.25) is 11.9 Å². The first-order valence-electron chi connectivity index (χ1n) is 9.65. The van der Waals surface area contributed by atoms with E-state index in [-0.39, 0.29) is 5.92 Å². The van der Waals surface area contributed by atoms with E-state index in [4.69, 9.17) is 0 Å². The van der Waals surface area contributed by atoms with Gasteiger partial charge in [-0.3, -0.25) is 4.79 Å². The summed E-state index contributed by atoms with van der Waals surface area (Å²) in [5.41, 5.74) is 0. The maximum Gasteiger partial charge on any atom is 0.227 e. The minimum absolute atomic E-state index is 0.114. The highest BCUT2D eigenvalue weighted by Crippen LogP contribution is 2.36. The van der Waals surface area contributed by atoms with Crippen molar-refractivity contribution >= 4 is 11.9 Å². The maximum absolute atomic E-state index is 13.2. The van der Waals surface area contributed by atoms with Crippen molar-refractivity contribution in [3.63, 3.8) is 0 Å². The number of carbonyl (C=O) groups excluding carboxylic acids is 1. The summed E-state index contributed by atoms with van der Waals surface area (Å²) in [5.74, 6) is 2.04. The van der Waals surface area contributed by atoms with Crippen molar-refractivity contribution in [2.45, 2.75) is 57.4 Å². The van der Waals surface area contributed by atoms with Gasteiger partial charge in [0.1, 0.15) is 0 Å². The van der Waals surface area contributed by atoms with Crippen LogP contribution in [-0.4, -0.2) is 46.5 Å². The molecule has 3 heterocycles. The van der Waals surface area contributed by atoms with E-state index in [1.54, 1.807) is 12.4 Å². The van der Waals surface area contributed by atoms with Crippen molar-refractivity contribution in [1.82, 2.24) is 14.9 Å². The molecule has 0 radical (unpaired) electrons. The third-order valence-electron chi connectivity index (χ3n) is 6.13. The van der Waals surface area contributed by atoms with Gasteiger partial charge in [-0.05, 0) is 50.5 Å². The second-order valence-electron chi connectivity index (χ2n) is 7.62. The van der Waals surface area contributed by atoms with Crippen molar-refractivity contribution < 1.29 is 4.79 Å². The fraction of sp³-hybridized carbons (Fsp3) is 0.737. The van der Waals surface area contributed by atoms with Crippen LogP contribution in [0.25, 0.3) is 0 Å². The van der Waals surface area contributed by atoms with Crippen molar-refractivity contribution in [2.24, 2.45) is 11.8 Å². The van der Waals surface area contributed by atoms with Gasteiger partial charge in [0.25, 0.3) is 0 Å². The van der Waals surface area contributed by atoms with E-state index in [0.29, 0.717) is 11.9 Å². The number of fused-ring (bicyclic) bond motifs is 1. The summed E-state index contributed by atoms with van der Waals surface area (Å²) in [5, 5.41) is 0. The lowest BCUT2D eigenvalue weighted by atomic mass is 9.77. The van der Waals surface area contributed by atoms with Crippen LogP contribution in [0.15, 0.2) is 18.5 Å². The number of amides is 1. The van der Waals surface area contributed by atoms with E-state index < -0.39 is 0 Å². The molecule has 3 fully saturated rings. The summed E-state index contributed by atoms with van der Waals surface area (Å²) in [7, 11) is 0. The van der Waals surface area contributed by atoms with E-state index in [1.165, 1.54) is 38.5 Å². The van der Waals surface area contributed by atoms with Crippen LogP contribution in [0, 0.1) is 11.8 Å². The molecule has 5 nitrogen and oxygen atoms in total.